The molecule has 2 aromatic rings. The summed E-state index contributed by atoms with van der Waals surface area (Å²) in [6.07, 6.45) is 0.408. The molecule has 1 saturated heterocycles. The van der Waals surface area contributed by atoms with Gasteiger partial charge in [0.15, 0.2) is 0 Å². The summed E-state index contributed by atoms with van der Waals surface area (Å²) in [6.45, 7) is 8.31. The molecule has 1 N–H and O–H groups in total. The Kier molecular flexibility index (Phi) is 5.20. The van der Waals surface area contributed by atoms with Gasteiger partial charge < -0.3 is 19.7 Å². The molecule has 3 amide bonds. The van der Waals surface area contributed by atoms with Crippen molar-refractivity contribution in [3.63, 3.8) is 0 Å². The first kappa shape index (κ1) is 18.3. The number of hydrogen-bond donors (Lipinski definition) is 1. The van der Waals surface area contributed by atoms with E-state index in [1.165, 1.54) is 0 Å². The minimum absolute atomic E-state index is 0.0444. The van der Waals surface area contributed by atoms with E-state index in [4.69, 9.17) is 0 Å². The number of aromatic nitrogens is 1. The molecular weight excluding hydrogens is 328 g/mol. The van der Waals surface area contributed by atoms with Crippen LogP contribution in [-0.4, -0.2) is 58.5 Å². The SMILES string of the molecule is Cc1c(CC(=O)N2CCN(C(=O)NC(C)C)CC2)c2ccccc2n1C. The zero-order valence-corrected chi connectivity index (χ0v) is 16.1. The molecule has 0 spiro atoms. The Morgan fingerprint density at radius 3 is 2.35 bits per heavy atom. The number of piperazine rings is 1. The van der Waals surface area contributed by atoms with Gasteiger partial charge in [-0.15, -0.1) is 0 Å². The molecule has 0 saturated carbocycles. The van der Waals surface area contributed by atoms with Crippen LogP contribution in [0.3, 0.4) is 0 Å². The molecule has 3 rings (SSSR count). The molecule has 1 aromatic heterocycles. The Labute approximate surface area is 154 Å². The molecule has 26 heavy (non-hydrogen) atoms. The average Bonchev–Trinajstić information content (AvgIpc) is 2.86. The minimum atomic E-state index is -0.0444. The summed E-state index contributed by atoms with van der Waals surface area (Å²) in [7, 11) is 2.04. The number of para-hydroxylation sites is 1. The highest BCUT2D eigenvalue weighted by Crippen LogP contribution is 2.25. The van der Waals surface area contributed by atoms with Gasteiger partial charge in [-0.25, -0.2) is 4.79 Å². The van der Waals surface area contributed by atoms with Crippen LogP contribution in [0.5, 0.6) is 0 Å². The Morgan fingerprint density at radius 2 is 1.69 bits per heavy atom. The van der Waals surface area contributed by atoms with E-state index in [-0.39, 0.29) is 18.0 Å². The van der Waals surface area contributed by atoms with Crippen molar-refractivity contribution in [1.29, 1.82) is 0 Å². The fourth-order valence-corrected chi connectivity index (χ4v) is 3.58. The highest BCUT2D eigenvalue weighted by Gasteiger charge is 2.25. The molecule has 2 heterocycles. The van der Waals surface area contributed by atoms with E-state index in [2.05, 4.69) is 28.9 Å². The first-order valence-corrected chi connectivity index (χ1v) is 9.24. The fraction of sp³-hybridized carbons (Fsp3) is 0.500. The van der Waals surface area contributed by atoms with Crippen molar-refractivity contribution >= 4 is 22.8 Å². The Hall–Kier alpha value is -2.50. The highest BCUT2D eigenvalue weighted by atomic mass is 16.2. The van der Waals surface area contributed by atoms with Crippen LogP contribution in [0.1, 0.15) is 25.1 Å². The topological polar surface area (TPSA) is 57.6 Å². The molecule has 1 fully saturated rings. The largest absolute Gasteiger partial charge is 0.348 e. The molecule has 0 radical (unpaired) electrons. The summed E-state index contributed by atoms with van der Waals surface area (Å²) < 4.78 is 2.14. The third-order valence-corrected chi connectivity index (χ3v) is 5.19. The number of urea groups is 1. The number of carbonyl (C=O) groups excluding carboxylic acids is 2. The predicted molar refractivity (Wildman–Crippen MR) is 103 cm³/mol. The van der Waals surface area contributed by atoms with E-state index < -0.39 is 0 Å². The van der Waals surface area contributed by atoms with E-state index in [1.54, 1.807) is 4.90 Å². The minimum Gasteiger partial charge on any atom is -0.348 e. The molecular formula is C20H28N4O2. The second-order valence-corrected chi connectivity index (χ2v) is 7.29. The van der Waals surface area contributed by atoms with Gasteiger partial charge >= 0.3 is 6.03 Å². The van der Waals surface area contributed by atoms with E-state index >= 15 is 0 Å². The number of amides is 3. The van der Waals surface area contributed by atoms with Crippen molar-refractivity contribution in [2.24, 2.45) is 7.05 Å². The van der Waals surface area contributed by atoms with E-state index in [9.17, 15) is 9.59 Å². The summed E-state index contributed by atoms with van der Waals surface area (Å²) in [5.41, 5.74) is 3.39. The summed E-state index contributed by atoms with van der Waals surface area (Å²) in [5, 5.41) is 4.06. The molecule has 6 nitrogen and oxygen atoms in total. The van der Waals surface area contributed by atoms with Gasteiger partial charge in [0.25, 0.3) is 0 Å². The number of benzene rings is 1. The van der Waals surface area contributed by atoms with Gasteiger partial charge in [-0.3, -0.25) is 4.79 Å². The number of hydrogen-bond acceptors (Lipinski definition) is 2. The lowest BCUT2D eigenvalue weighted by atomic mass is 10.1. The second kappa shape index (κ2) is 7.40. The van der Waals surface area contributed by atoms with Gasteiger partial charge in [0.2, 0.25) is 5.91 Å². The average molecular weight is 356 g/mol. The van der Waals surface area contributed by atoms with Crippen LogP contribution in [-0.2, 0) is 18.3 Å². The molecule has 140 valence electrons. The van der Waals surface area contributed by atoms with Crippen LogP contribution in [0.25, 0.3) is 10.9 Å². The molecule has 1 aliphatic heterocycles. The van der Waals surface area contributed by atoms with Crippen molar-refractivity contribution in [2.45, 2.75) is 33.2 Å². The summed E-state index contributed by atoms with van der Waals surface area (Å²) in [6, 6.07) is 8.28. The first-order valence-electron chi connectivity index (χ1n) is 9.24. The highest BCUT2D eigenvalue weighted by molar-refractivity contribution is 5.90. The number of rotatable bonds is 3. The number of fused-ring (bicyclic) bond motifs is 1. The van der Waals surface area contributed by atoms with Crippen molar-refractivity contribution in [2.75, 3.05) is 26.2 Å². The van der Waals surface area contributed by atoms with Crippen LogP contribution < -0.4 is 5.32 Å². The van der Waals surface area contributed by atoms with Crippen molar-refractivity contribution in [1.82, 2.24) is 19.7 Å². The number of nitrogens with one attached hydrogen (secondary N) is 1. The van der Waals surface area contributed by atoms with Crippen LogP contribution in [0.4, 0.5) is 4.79 Å². The first-order chi connectivity index (χ1) is 12.4. The van der Waals surface area contributed by atoms with E-state index in [1.807, 2.05) is 37.9 Å². The third-order valence-electron chi connectivity index (χ3n) is 5.19. The van der Waals surface area contributed by atoms with E-state index in [0.29, 0.717) is 32.6 Å². The zero-order chi connectivity index (χ0) is 18.8. The standard InChI is InChI=1S/C20H28N4O2/c1-14(2)21-20(26)24-11-9-23(10-12-24)19(25)13-17-15(3)22(4)18-8-6-5-7-16(17)18/h5-8,14H,9-13H2,1-4H3,(H,21,26). The lowest BCUT2D eigenvalue weighted by Gasteiger charge is -2.35. The summed E-state index contributed by atoms with van der Waals surface area (Å²) in [5.74, 6) is 0.133. The number of nitrogens with zero attached hydrogens (tertiary/aromatic N) is 3. The maximum absolute atomic E-state index is 12.8. The van der Waals surface area contributed by atoms with Gasteiger partial charge in [-0.05, 0) is 32.4 Å². The Balaban J connectivity index is 1.66. The normalized spacial score (nSPS) is 15.0. The van der Waals surface area contributed by atoms with Crippen LogP contribution in [0.2, 0.25) is 0 Å². The third kappa shape index (κ3) is 3.54. The Bertz CT molecular complexity index is 817. The van der Waals surface area contributed by atoms with Gasteiger partial charge in [-0.1, -0.05) is 18.2 Å². The molecule has 0 atom stereocenters. The molecule has 6 heteroatoms. The van der Waals surface area contributed by atoms with Crippen LogP contribution in [0, 0.1) is 6.92 Å². The predicted octanol–water partition coefficient (Wildman–Crippen LogP) is 2.29. The molecule has 1 aliphatic rings. The maximum atomic E-state index is 12.8. The molecule has 0 aliphatic carbocycles. The van der Waals surface area contributed by atoms with Crippen molar-refractivity contribution < 1.29 is 9.59 Å². The van der Waals surface area contributed by atoms with Gasteiger partial charge in [0.1, 0.15) is 0 Å². The molecule has 1 aromatic carbocycles. The zero-order valence-electron chi connectivity index (χ0n) is 16.1. The van der Waals surface area contributed by atoms with Crippen molar-refractivity contribution in [3.05, 3.63) is 35.5 Å². The van der Waals surface area contributed by atoms with Crippen LogP contribution >= 0.6 is 0 Å². The molecule has 0 bridgehead atoms. The monoisotopic (exact) mass is 356 g/mol. The lowest BCUT2D eigenvalue weighted by Crippen LogP contribution is -2.54. The summed E-state index contributed by atoms with van der Waals surface area (Å²) >= 11 is 0. The molecule has 0 unspecified atom stereocenters. The lowest BCUT2D eigenvalue weighted by molar-refractivity contribution is -0.131. The smallest absolute Gasteiger partial charge is 0.317 e. The fourth-order valence-electron chi connectivity index (χ4n) is 3.58. The maximum Gasteiger partial charge on any atom is 0.317 e. The Morgan fingerprint density at radius 1 is 1.08 bits per heavy atom. The van der Waals surface area contributed by atoms with Crippen LogP contribution in [0.15, 0.2) is 24.3 Å². The van der Waals surface area contributed by atoms with Gasteiger partial charge in [-0.2, -0.15) is 0 Å². The number of aryl methyl sites for hydroxylation is 1. The second-order valence-electron chi connectivity index (χ2n) is 7.29. The number of carbonyl (C=O) groups is 2. The van der Waals surface area contributed by atoms with E-state index in [0.717, 1.165) is 22.2 Å². The quantitative estimate of drug-likeness (QED) is 0.917. The van der Waals surface area contributed by atoms with Gasteiger partial charge in [0, 0.05) is 55.9 Å². The van der Waals surface area contributed by atoms with Gasteiger partial charge in [0.05, 0.1) is 6.42 Å². The summed E-state index contributed by atoms with van der Waals surface area (Å²) in [4.78, 5) is 28.6. The van der Waals surface area contributed by atoms with Crippen molar-refractivity contribution in [3.8, 4) is 0 Å².